The molecule has 0 aromatic heterocycles. The molecule has 18 heavy (non-hydrogen) atoms. The first-order valence-corrected chi connectivity index (χ1v) is 5.68. The number of halogens is 1. The number of carbonyl (C=O) groups is 2. The number of nitriles is 1. The minimum Gasteiger partial charge on any atom is -0.334 e. The van der Waals surface area contributed by atoms with E-state index in [9.17, 15) is 9.59 Å². The van der Waals surface area contributed by atoms with Crippen molar-refractivity contribution >= 4 is 23.5 Å². The van der Waals surface area contributed by atoms with Gasteiger partial charge >= 0.3 is 6.03 Å². The Morgan fingerprint density at radius 3 is 2.50 bits per heavy atom. The summed E-state index contributed by atoms with van der Waals surface area (Å²) in [6.45, 7) is 1.74. The predicted molar refractivity (Wildman–Crippen MR) is 66.9 cm³/mol. The molecule has 0 saturated heterocycles. The molecule has 6 heteroatoms. The van der Waals surface area contributed by atoms with Gasteiger partial charge in [0.15, 0.2) is 0 Å². The SMILES string of the molecule is CC(Cl)C(=O)NC(=O)NCc1ccc(C#N)cc1. The zero-order valence-electron chi connectivity index (χ0n) is 9.74. The van der Waals surface area contributed by atoms with Crippen molar-refractivity contribution in [3.8, 4) is 6.07 Å². The highest BCUT2D eigenvalue weighted by atomic mass is 35.5. The van der Waals surface area contributed by atoms with Crippen molar-refractivity contribution in [3.63, 3.8) is 0 Å². The molecule has 0 radical (unpaired) electrons. The third kappa shape index (κ3) is 4.44. The molecular formula is C12H12ClN3O2. The number of nitrogens with one attached hydrogen (secondary N) is 2. The predicted octanol–water partition coefficient (Wildman–Crippen LogP) is 1.51. The van der Waals surface area contributed by atoms with Gasteiger partial charge < -0.3 is 5.32 Å². The lowest BCUT2D eigenvalue weighted by atomic mass is 10.1. The molecule has 0 spiro atoms. The molecule has 0 saturated carbocycles. The first-order valence-electron chi connectivity index (χ1n) is 5.24. The fraction of sp³-hybridized carbons (Fsp3) is 0.250. The van der Waals surface area contributed by atoms with Crippen molar-refractivity contribution in [1.82, 2.24) is 10.6 Å². The van der Waals surface area contributed by atoms with Crippen LogP contribution in [0, 0.1) is 11.3 Å². The summed E-state index contributed by atoms with van der Waals surface area (Å²) in [4.78, 5) is 22.4. The quantitative estimate of drug-likeness (QED) is 0.813. The van der Waals surface area contributed by atoms with E-state index in [1.807, 2.05) is 6.07 Å². The number of nitrogens with zero attached hydrogens (tertiary/aromatic N) is 1. The van der Waals surface area contributed by atoms with Crippen LogP contribution in [0.1, 0.15) is 18.1 Å². The van der Waals surface area contributed by atoms with Crippen LogP contribution in [0.15, 0.2) is 24.3 Å². The molecule has 1 aromatic carbocycles. The maximum absolute atomic E-state index is 11.3. The molecule has 1 rings (SSSR count). The van der Waals surface area contributed by atoms with Gasteiger partial charge in [-0.2, -0.15) is 5.26 Å². The second-order valence-electron chi connectivity index (χ2n) is 3.60. The molecule has 3 amide bonds. The van der Waals surface area contributed by atoms with Crippen molar-refractivity contribution in [1.29, 1.82) is 5.26 Å². The van der Waals surface area contributed by atoms with E-state index in [1.165, 1.54) is 6.92 Å². The van der Waals surface area contributed by atoms with Crippen LogP contribution in [0.4, 0.5) is 4.79 Å². The first kappa shape index (κ1) is 14.0. The average molecular weight is 266 g/mol. The highest BCUT2D eigenvalue weighted by Crippen LogP contribution is 2.02. The van der Waals surface area contributed by atoms with Gasteiger partial charge in [0.25, 0.3) is 0 Å². The number of hydrogen-bond donors (Lipinski definition) is 2. The largest absolute Gasteiger partial charge is 0.334 e. The van der Waals surface area contributed by atoms with E-state index in [0.717, 1.165) is 5.56 Å². The van der Waals surface area contributed by atoms with Gasteiger partial charge in [-0.1, -0.05) is 12.1 Å². The van der Waals surface area contributed by atoms with Gasteiger partial charge in [-0.25, -0.2) is 4.79 Å². The lowest BCUT2D eigenvalue weighted by Gasteiger charge is -2.07. The summed E-state index contributed by atoms with van der Waals surface area (Å²) in [6.07, 6.45) is 0. The van der Waals surface area contributed by atoms with E-state index in [-0.39, 0.29) is 6.54 Å². The van der Waals surface area contributed by atoms with Gasteiger partial charge in [0, 0.05) is 6.54 Å². The van der Waals surface area contributed by atoms with Crippen LogP contribution in [0.2, 0.25) is 0 Å². The summed E-state index contributed by atoms with van der Waals surface area (Å²) in [5.41, 5.74) is 1.38. The van der Waals surface area contributed by atoms with Crippen molar-refractivity contribution in [2.24, 2.45) is 0 Å². The number of alkyl halides is 1. The third-order valence-corrected chi connectivity index (χ3v) is 2.33. The van der Waals surface area contributed by atoms with E-state index in [0.29, 0.717) is 5.56 Å². The molecular weight excluding hydrogens is 254 g/mol. The van der Waals surface area contributed by atoms with Crippen LogP contribution in [0.25, 0.3) is 0 Å². The third-order valence-electron chi connectivity index (χ3n) is 2.13. The number of rotatable bonds is 3. The Bertz CT molecular complexity index is 477. The number of carbonyl (C=O) groups excluding carboxylic acids is 2. The number of imide groups is 1. The zero-order chi connectivity index (χ0) is 13.5. The number of amides is 3. The normalized spacial score (nSPS) is 11.2. The summed E-state index contributed by atoms with van der Waals surface area (Å²) in [5.74, 6) is -0.547. The molecule has 0 aliphatic carbocycles. The van der Waals surface area contributed by atoms with Crippen LogP contribution >= 0.6 is 11.6 Å². The van der Waals surface area contributed by atoms with Gasteiger partial charge in [-0.3, -0.25) is 10.1 Å². The van der Waals surface area contributed by atoms with Gasteiger partial charge in [0.1, 0.15) is 5.38 Å². The Hall–Kier alpha value is -2.06. The van der Waals surface area contributed by atoms with Crippen LogP contribution in [-0.2, 0) is 11.3 Å². The molecule has 0 aliphatic heterocycles. The highest BCUT2D eigenvalue weighted by Gasteiger charge is 2.12. The average Bonchev–Trinajstić information content (AvgIpc) is 2.36. The van der Waals surface area contributed by atoms with Crippen molar-refractivity contribution < 1.29 is 9.59 Å². The smallest absolute Gasteiger partial charge is 0.321 e. The summed E-state index contributed by atoms with van der Waals surface area (Å²) < 4.78 is 0. The molecule has 1 aromatic rings. The van der Waals surface area contributed by atoms with Gasteiger partial charge in [0.05, 0.1) is 11.6 Å². The van der Waals surface area contributed by atoms with E-state index >= 15 is 0 Å². The van der Waals surface area contributed by atoms with Crippen molar-refractivity contribution in [2.75, 3.05) is 0 Å². The second-order valence-corrected chi connectivity index (χ2v) is 4.25. The Morgan fingerprint density at radius 1 is 1.39 bits per heavy atom. The van der Waals surface area contributed by atoms with Gasteiger partial charge in [-0.05, 0) is 24.6 Å². The van der Waals surface area contributed by atoms with Crippen molar-refractivity contribution in [3.05, 3.63) is 35.4 Å². The molecule has 2 N–H and O–H groups in total. The molecule has 0 heterocycles. The molecule has 0 aliphatic rings. The standard InChI is InChI=1S/C12H12ClN3O2/c1-8(13)11(17)16-12(18)15-7-10-4-2-9(6-14)3-5-10/h2-5,8H,7H2,1H3,(H2,15,16,17,18). The highest BCUT2D eigenvalue weighted by molar-refractivity contribution is 6.31. The molecule has 94 valence electrons. The van der Waals surface area contributed by atoms with E-state index < -0.39 is 17.3 Å². The van der Waals surface area contributed by atoms with Crippen LogP contribution in [0.5, 0.6) is 0 Å². The Kier molecular flexibility index (Phi) is 5.15. The van der Waals surface area contributed by atoms with Crippen LogP contribution < -0.4 is 10.6 Å². The Morgan fingerprint density at radius 2 is 2.00 bits per heavy atom. The molecule has 0 fully saturated rings. The molecule has 5 nitrogen and oxygen atoms in total. The fourth-order valence-electron chi connectivity index (χ4n) is 1.14. The van der Waals surface area contributed by atoms with E-state index in [2.05, 4.69) is 10.6 Å². The fourth-order valence-corrected chi connectivity index (χ4v) is 1.19. The van der Waals surface area contributed by atoms with E-state index in [4.69, 9.17) is 16.9 Å². The monoisotopic (exact) mass is 265 g/mol. The Labute approximate surface area is 110 Å². The summed E-state index contributed by atoms with van der Waals surface area (Å²) in [6, 6.07) is 8.16. The summed E-state index contributed by atoms with van der Waals surface area (Å²) in [7, 11) is 0. The topological polar surface area (TPSA) is 82.0 Å². The molecule has 1 unspecified atom stereocenters. The summed E-state index contributed by atoms with van der Waals surface area (Å²) in [5, 5.41) is 12.5. The Balaban J connectivity index is 2.43. The number of benzene rings is 1. The maximum atomic E-state index is 11.3. The minimum absolute atomic E-state index is 0.265. The lowest BCUT2D eigenvalue weighted by molar-refractivity contribution is -0.119. The molecule has 0 bridgehead atoms. The number of urea groups is 1. The maximum Gasteiger partial charge on any atom is 0.321 e. The number of hydrogen-bond acceptors (Lipinski definition) is 3. The minimum atomic E-state index is -0.759. The van der Waals surface area contributed by atoms with Gasteiger partial charge in [0.2, 0.25) is 5.91 Å². The lowest BCUT2D eigenvalue weighted by Crippen LogP contribution is -2.41. The van der Waals surface area contributed by atoms with Gasteiger partial charge in [-0.15, -0.1) is 11.6 Å². The first-order chi connectivity index (χ1) is 8.52. The summed E-state index contributed by atoms with van der Waals surface area (Å²) >= 11 is 5.50. The second kappa shape index (κ2) is 6.62. The van der Waals surface area contributed by atoms with Crippen molar-refractivity contribution in [2.45, 2.75) is 18.8 Å². The van der Waals surface area contributed by atoms with Crippen LogP contribution in [-0.4, -0.2) is 17.3 Å². The molecule has 1 atom stereocenters. The zero-order valence-corrected chi connectivity index (χ0v) is 10.5. The van der Waals surface area contributed by atoms with E-state index in [1.54, 1.807) is 24.3 Å². The van der Waals surface area contributed by atoms with Crippen LogP contribution in [0.3, 0.4) is 0 Å².